The summed E-state index contributed by atoms with van der Waals surface area (Å²) in [6, 6.07) is 3.60. The standard InChI is InChI=1S/C13H11FN4O/c14-8-6-15-4-3-7(8)10-5-12-13(19)16-9-1-2-11(9)18(12)17-10/h3-6,9,11H,1-2H2,(H,16,19). The highest BCUT2D eigenvalue weighted by Gasteiger charge is 2.41. The lowest BCUT2D eigenvalue weighted by Crippen LogP contribution is -2.53. The van der Waals surface area contributed by atoms with E-state index in [2.05, 4.69) is 15.4 Å². The lowest BCUT2D eigenvalue weighted by molar-refractivity contribution is 0.0783. The van der Waals surface area contributed by atoms with Gasteiger partial charge < -0.3 is 5.32 Å². The van der Waals surface area contributed by atoms with Crippen LogP contribution < -0.4 is 5.32 Å². The molecule has 0 radical (unpaired) electrons. The number of aromatic nitrogens is 3. The van der Waals surface area contributed by atoms with E-state index >= 15 is 0 Å². The number of fused-ring (bicyclic) bond motifs is 3. The van der Waals surface area contributed by atoms with Gasteiger partial charge in [0, 0.05) is 11.8 Å². The molecule has 1 amide bonds. The van der Waals surface area contributed by atoms with Crippen molar-refractivity contribution < 1.29 is 9.18 Å². The Morgan fingerprint density at radius 1 is 1.42 bits per heavy atom. The number of hydrogen-bond donors (Lipinski definition) is 1. The largest absolute Gasteiger partial charge is 0.346 e. The van der Waals surface area contributed by atoms with Crippen molar-refractivity contribution in [3.05, 3.63) is 36.0 Å². The molecule has 5 nitrogen and oxygen atoms in total. The molecule has 2 aliphatic rings. The van der Waals surface area contributed by atoms with E-state index in [9.17, 15) is 9.18 Å². The SMILES string of the molecule is O=C1NC2CCC2n2nc(-c3ccncc3F)cc21. The van der Waals surface area contributed by atoms with Crippen molar-refractivity contribution in [2.24, 2.45) is 0 Å². The number of nitrogens with zero attached hydrogens (tertiary/aromatic N) is 3. The van der Waals surface area contributed by atoms with Gasteiger partial charge in [0.25, 0.3) is 5.91 Å². The van der Waals surface area contributed by atoms with Crippen LogP contribution in [0.3, 0.4) is 0 Å². The maximum Gasteiger partial charge on any atom is 0.269 e. The maximum absolute atomic E-state index is 13.7. The van der Waals surface area contributed by atoms with Crippen LogP contribution in [0.1, 0.15) is 29.4 Å². The van der Waals surface area contributed by atoms with E-state index in [-0.39, 0.29) is 18.0 Å². The third-order valence-electron chi connectivity index (χ3n) is 3.89. The van der Waals surface area contributed by atoms with E-state index in [1.54, 1.807) is 16.8 Å². The third-order valence-corrected chi connectivity index (χ3v) is 3.89. The van der Waals surface area contributed by atoms with Crippen LogP contribution in [0.4, 0.5) is 4.39 Å². The Morgan fingerprint density at radius 2 is 2.32 bits per heavy atom. The molecule has 2 atom stereocenters. The average Bonchev–Trinajstić information content (AvgIpc) is 2.79. The van der Waals surface area contributed by atoms with Crippen LogP contribution in [0.2, 0.25) is 0 Å². The molecule has 19 heavy (non-hydrogen) atoms. The zero-order chi connectivity index (χ0) is 13.0. The van der Waals surface area contributed by atoms with Crippen molar-refractivity contribution in [2.75, 3.05) is 0 Å². The minimum Gasteiger partial charge on any atom is -0.346 e. The molecule has 1 aliphatic heterocycles. The lowest BCUT2D eigenvalue weighted by Gasteiger charge is -2.41. The Labute approximate surface area is 108 Å². The topological polar surface area (TPSA) is 59.8 Å². The summed E-state index contributed by atoms with van der Waals surface area (Å²) in [5, 5.41) is 7.35. The second kappa shape index (κ2) is 3.63. The number of rotatable bonds is 1. The van der Waals surface area contributed by atoms with Gasteiger partial charge in [0.2, 0.25) is 0 Å². The van der Waals surface area contributed by atoms with Crippen molar-refractivity contribution in [1.29, 1.82) is 0 Å². The van der Waals surface area contributed by atoms with Crippen LogP contribution in [0, 0.1) is 5.82 Å². The summed E-state index contributed by atoms with van der Waals surface area (Å²) in [6.45, 7) is 0. The van der Waals surface area contributed by atoms with Gasteiger partial charge in [0.15, 0.2) is 5.82 Å². The quantitative estimate of drug-likeness (QED) is 0.843. The first-order chi connectivity index (χ1) is 9.24. The van der Waals surface area contributed by atoms with Crippen molar-refractivity contribution >= 4 is 5.91 Å². The van der Waals surface area contributed by atoms with E-state index in [0.29, 0.717) is 17.0 Å². The molecule has 1 fully saturated rings. The van der Waals surface area contributed by atoms with E-state index in [0.717, 1.165) is 19.0 Å². The molecule has 4 rings (SSSR count). The van der Waals surface area contributed by atoms with E-state index in [1.165, 1.54) is 6.20 Å². The minimum absolute atomic E-state index is 0.130. The fraction of sp³-hybridized carbons (Fsp3) is 0.308. The maximum atomic E-state index is 13.7. The Bertz CT molecular complexity index is 681. The molecule has 2 aromatic rings. The van der Waals surface area contributed by atoms with Gasteiger partial charge >= 0.3 is 0 Å². The van der Waals surface area contributed by atoms with Crippen molar-refractivity contribution in [1.82, 2.24) is 20.1 Å². The van der Waals surface area contributed by atoms with Gasteiger partial charge in [-0.05, 0) is 25.0 Å². The molecule has 1 N–H and O–H groups in total. The highest BCUT2D eigenvalue weighted by Crippen LogP contribution is 2.37. The zero-order valence-corrected chi connectivity index (χ0v) is 10.0. The molecule has 0 spiro atoms. The summed E-state index contributed by atoms with van der Waals surface area (Å²) in [4.78, 5) is 15.6. The highest BCUT2D eigenvalue weighted by molar-refractivity contribution is 5.95. The molecule has 0 bridgehead atoms. The smallest absolute Gasteiger partial charge is 0.269 e. The fourth-order valence-corrected chi connectivity index (χ4v) is 2.72. The van der Waals surface area contributed by atoms with Crippen molar-refractivity contribution in [2.45, 2.75) is 24.9 Å². The molecule has 2 aromatic heterocycles. The molecule has 1 saturated carbocycles. The zero-order valence-electron chi connectivity index (χ0n) is 10.0. The normalized spacial score (nSPS) is 24.2. The second-order valence-electron chi connectivity index (χ2n) is 4.94. The number of carbonyl (C=O) groups is 1. The van der Waals surface area contributed by atoms with Crippen LogP contribution in [-0.2, 0) is 0 Å². The Morgan fingerprint density at radius 3 is 3.05 bits per heavy atom. The summed E-state index contributed by atoms with van der Waals surface area (Å²) in [7, 11) is 0. The number of amides is 1. The number of nitrogens with one attached hydrogen (secondary N) is 1. The number of pyridine rings is 1. The summed E-state index contributed by atoms with van der Waals surface area (Å²) < 4.78 is 15.5. The monoisotopic (exact) mass is 258 g/mol. The summed E-state index contributed by atoms with van der Waals surface area (Å²) in [5.41, 5.74) is 1.37. The van der Waals surface area contributed by atoms with Crippen molar-refractivity contribution in [3.8, 4) is 11.3 Å². The molecule has 3 heterocycles. The molecule has 1 aliphatic carbocycles. The number of hydrogen-bond acceptors (Lipinski definition) is 3. The van der Waals surface area contributed by atoms with Gasteiger partial charge in [0.1, 0.15) is 5.69 Å². The van der Waals surface area contributed by atoms with Crippen LogP contribution in [0.25, 0.3) is 11.3 Å². The van der Waals surface area contributed by atoms with Gasteiger partial charge in [-0.25, -0.2) is 4.39 Å². The van der Waals surface area contributed by atoms with E-state index in [4.69, 9.17) is 0 Å². The first-order valence-electron chi connectivity index (χ1n) is 6.24. The summed E-state index contributed by atoms with van der Waals surface area (Å²) in [6.07, 6.45) is 4.65. The third kappa shape index (κ3) is 1.43. The molecule has 2 unspecified atom stereocenters. The van der Waals surface area contributed by atoms with Gasteiger partial charge in [-0.1, -0.05) is 0 Å². The van der Waals surface area contributed by atoms with Gasteiger partial charge in [-0.15, -0.1) is 0 Å². The van der Waals surface area contributed by atoms with E-state index in [1.807, 2.05) is 0 Å². The van der Waals surface area contributed by atoms with Crippen LogP contribution in [0.15, 0.2) is 24.5 Å². The number of carbonyl (C=O) groups excluding carboxylic acids is 1. The molecular formula is C13H11FN4O. The Kier molecular flexibility index (Phi) is 2.04. The molecule has 96 valence electrons. The van der Waals surface area contributed by atoms with Gasteiger partial charge in [-0.3, -0.25) is 14.5 Å². The van der Waals surface area contributed by atoms with Crippen LogP contribution in [0.5, 0.6) is 0 Å². The van der Waals surface area contributed by atoms with Gasteiger partial charge in [0.05, 0.1) is 24.0 Å². The lowest BCUT2D eigenvalue weighted by atomic mass is 9.85. The van der Waals surface area contributed by atoms with Crippen LogP contribution >= 0.6 is 0 Å². The Hall–Kier alpha value is -2.24. The minimum atomic E-state index is -0.427. The number of halogens is 1. The first-order valence-corrected chi connectivity index (χ1v) is 6.24. The summed E-state index contributed by atoms with van der Waals surface area (Å²) >= 11 is 0. The second-order valence-corrected chi connectivity index (χ2v) is 4.94. The average molecular weight is 258 g/mol. The highest BCUT2D eigenvalue weighted by atomic mass is 19.1. The van der Waals surface area contributed by atoms with Crippen LogP contribution in [-0.4, -0.2) is 26.7 Å². The first kappa shape index (κ1) is 10.7. The predicted molar refractivity (Wildman–Crippen MR) is 64.9 cm³/mol. The Balaban J connectivity index is 1.85. The van der Waals surface area contributed by atoms with Crippen molar-refractivity contribution in [3.63, 3.8) is 0 Å². The predicted octanol–water partition coefficient (Wildman–Crippen LogP) is 1.53. The summed E-state index contributed by atoms with van der Waals surface area (Å²) in [5.74, 6) is -0.558. The molecule has 0 saturated heterocycles. The van der Waals surface area contributed by atoms with Gasteiger partial charge in [-0.2, -0.15) is 5.10 Å². The fourth-order valence-electron chi connectivity index (χ4n) is 2.72. The molecular weight excluding hydrogens is 247 g/mol. The van der Waals surface area contributed by atoms with E-state index < -0.39 is 5.82 Å². The molecule has 0 aromatic carbocycles. The molecule has 6 heteroatoms.